The number of hydrogen-bond donors (Lipinski definition) is 1. The third-order valence-electron chi connectivity index (χ3n) is 6.00. The lowest BCUT2D eigenvalue weighted by Crippen LogP contribution is -2.25. The summed E-state index contributed by atoms with van der Waals surface area (Å²) >= 11 is 0. The molecule has 2 aliphatic carbocycles. The number of imidazole rings is 1. The van der Waals surface area contributed by atoms with Crippen molar-refractivity contribution in [1.82, 2.24) is 24.8 Å². The first kappa shape index (κ1) is 17.3. The predicted molar refractivity (Wildman–Crippen MR) is 108 cm³/mol. The Labute approximate surface area is 164 Å². The number of aryl methyl sites for hydroxylation is 1. The van der Waals surface area contributed by atoms with Crippen LogP contribution >= 0.6 is 0 Å². The van der Waals surface area contributed by atoms with Gasteiger partial charge in [-0.3, -0.25) is 9.36 Å². The van der Waals surface area contributed by atoms with E-state index in [9.17, 15) is 4.79 Å². The number of amides is 1. The summed E-state index contributed by atoms with van der Waals surface area (Å²) in [6, 6.07) is 6.16. The van der Waals surface area contributed by atoms with E-state index in [4.69, 9.17) is 0 Å². The molecule has 1 amide bonds. The van der Waals surface area contributed by atoms with E-state index in [1.165, 1.54) is 32.1 Å². The molecule has 2 aromatic heterocycles. The Morgan fingerprint density at radius 3 is 2.68 bits per heavy atom. The zero-order valence-electron chi connectivity index (χ0n) is 16.2. The fourth-order valence-corrected chi connectivity index (χ4v) is 4.21. The highest BCUT2D eigenvalue weighted by Gasteiger charge is 2.25. The highest BCUT2D eigenvalue weighted by molar-refractivity contribution is 5.95. The molecule has 28 heavy (non-hydrogen) atoms. The maximum absolute atomic E-state index is 12.5. The first-order valence-electron chi connectivity index (χ1n) is 10.3. The minimum absolute atomic E-state index is 0.00862. The molecule has 0 saturated heterocycles. The first-order chi connectivity index (χ1) is 13.7. The second-order valence-corrected chi connectivity index (χ2v) is 8.13. The summed E-state index contributed by atoms with van der Waals surface area (Å²) in [6.07, 6.45) is 11.8. The van der Waals surface area contributed by atoms with Gasteiger partial charge in [-0.1, -0.05) is 25.3 Å². The van der Waals surface area contributed by atoms with Crippen molar-refractivity contribution in [3.63, 3.8) is 0 Å². The molecule has 0 atom stereocenters. The number of hydrogen-bond acceptors (Lipinski definition) is 4. The summed E-state index contributed by atoms with van der Waals surface area (Å²) in [5.74, 6) is 0.463. The molecule has 5 rings (SSSR count). The van der Waals surface area contributed by atoms with Gasteiger partial charge in [0.2, 0.25) is 0 Å². The van der Waals surface area contributed by atoms with Gasteiger partial charge >= 0.3 is 0 Å². The smallest absolute Gasteiger partial charge is 0.251 e. The van der Waals surface area contributed by atoms with Crippen LogP contribution in [0.3, 0.4) is 0 Å². The molecule has 1 N–H and O–H groups in total. The lowest BCUT2D eigenvalue weighted by molar-refractivity contribution is 0.0951. The first-order valence-corrected chi connectivity index (χ1v) is 10.3. The number of carbonyl (C=O) groups is 1. The third-order valence-corrected chi connectivity index (χ3v) is 6.00. The quantitative estimate of drug-likeness (QED) is 0.746. The zero-order chi connectivity index (χ0) is 19.1. The van der Waals surface area contributed by atoms with Crippen LogP contribution in [0.15, 0.2) is 30.9 Å². The number of nitrogens with one attached hydrogen (secondary N) is 1. The van der Waals surface area contributed by atoms with Gasteiger partial charge in [0.15, 0.2) is 5.65 Å². The summed E-state index contributed by atoms with van der Waals surface area (Å²) in [7, 11) is 0. The van der Waals surface area contributed by atoms with Crippen LogP contribution in [-0.4, -0.2) is 31.5 Å². The number of carbonyl (C=O) groups excluding carboxylic acids is 1. The maximum Gasteiger partial charge on any atom is 0.251 e. The SMILES string of the molecule is Cc1ccc(C(=O)NC2CC2)cc1-n1cnc2c(C3CCCCC3)ncnc21. The van der Waals surface area contributed by atoms with Crippen LogP contribution in [0.2, 0.25) is 0 Å². The maximum atomic E-state index is 12.5. The lowest BCUT2D eigenvalue weighted by Gasteiger charge is -2.20. The molecule has 0 unspecified atom stereocenters. The highest BCUT2D eigenvalue weighted by Crippen LogP contribution is 2.34. The average molecular weight is 375 g/mol. The molecule has 1 aromatic carbocycles. The van der Waals surface area contributed by atoms with Crippen molar-refractivity contribution in [1.29, 1.82) is 0 Å². The summed E-state index contributed by atoms with van der Waals surface area (Å²) in [5.41, 5.74) is 5.49. The van der Waals surface area contributed by atoms with Crippen molar-refractivity contribution in [2.45, 2.75) is 63.8 Å². The topological polar surface area (TPSA) is 72.7 Å². The van der Waals surface area contributed by atoms with E-state index in [0.29, 0.717) is 17.5 Å². The van der Waals surface area contributed by atoms with Crippen LogP contribution in [0.1, 0.15) is 72.5 Å². The molecule has 2 saturated carbocycles. The summed E-state index contributed by atoms with van der Waals surface area (Å²) in [5, 5.41) is 3.06. The van der Waals surface area contributed by atoms with Crippen molar-refractivity contribution < 1.29 is 4.79 Å². The molecule has 0 radical (unpaired) electrons. The number of aromatic nitrogens is 4. The van der Waals surface area contributed by atoms with Crippen molar-refractivity contribution in [3.8, 4) is 5.69 Å². The summed E-state index contributed by atoms with van der Waals surface area (Å²) in [4.78, 5) is 26.3. The van der Waals surface area contributed by atoms with Crippen LogP contribution in [0.4, 0.5) is 0 Å². The number of rotatable bonds is 4. The van der Waals surface area contributed by atoms with Crippen LogP contribution in [-0.2, 0) is 0 Å². The average Bonchev–Trinajstić information content (AvgIpc) is 3.44. The van der Waals surface area contributed by atoms with Gasteiger partial charge in [-0.25, -0.2) is 15.0 Å². The van der Waals surface area contributed by atoms with Crippen molar-refractivity contribution in [2.24, 2.45) is 0 Å². The Morgan fingerprint density at radius 2 is 1.89 bits per heavy atom. The minimum Gasteiger partial charge on any atom is -0.349 e. The molecule has 0 spiro atoms. The molecule has 2 aliphatic rings. The predicted octanol–water partition coefficient (Wildman–Crippen LogP) is 4.06. The Balaban J connectivity index is 1.55. The van der Waals surface area contributed by atoms with Gasteiger partial charge < -0.3 is 5.32 Å². The second-order valence-electron chi connectivity index (χ2n) is 8.13. The van der Waals surface area contributed by atoms with Gasteiger partial charge in [-0.2, -0.15) is 0 Å². The highest BCUT2D eigenvalue weighted by atomic mass is 16.1. The van der Waals surface area contributed by atoms with E-state index in [1.54, 1.807) is 6.33 Å². The van der Waals surface area contributed by atoms with E-state index in [0.717, 1.165) is 41.0 Å². The molecule has 6 heteroatoms. The van der Waals surface area contributed by atoms with Crippen molar-refractivity contribution >= 4 is 17.1 Å². The van der Waals surface area contributed by atoms with E-state index in [2.05, 4.69) is 20.3 Å². The van der Waals surface area contributed by atoms with Gasteiger partial charge in [0.25, 0.3) is 5.91 Å². The van der Waals surface area contributed by atoms with E-state index in [-0.39, 0.29) is 5.91 Å². The third kappa shape index (κ3) is 3.17. The van der Waals surface area contributed by atoms with E-state index >= 15 is 0 Å². The Hall–Kier alpha value is -2.76. The molecular formula is C22H25N5O. The fraction of sp³-hybridized carbons (Fsp3) is 0.455. The van der Waals surface area contributed by atoms with Crippen LogP contribution in [0.5, 0.6) is 0 Å². The van der Waals surface area contributed by atoms with Crippen LogP contribution < -0.4 is 5.32 Å². The lowest BCUT2D eigenvalue weighted by atomic mass is 9.86. The normalized spacial score (nSPS) is 17.8. The molecule has 0 aliphatic heterocycles. The van der Waals surface area contributed by atoms with Gasteiger partial charge in [-0.05, 0) is 50.3 Å². The Morgan fingerprint density at radius 1 is 1.07 bits per heavy atom. The van der Waals surface area contributed by atoms with Crippen molar-refractivity contribution in [2.75, 3.05) is 0 Å². The largest absolute Gasteiger partial charge is 0.349 e. The summed E-state index contributed by atoms with van der Waals surface area (Å²) in [6.45, 7) is 2.05. The summed E-state index contributed by atoms with van der Waals surface area (Å²) < 4.78 is 1.99. The second kappa shape index (κ2) is 7.00. The number of fused-ring (bicyclic) bond motifs is 1. The van der Waals surface area contributed by atoms with E-state index in [1.807, 2.05) is 36.0 Å². The fourth-order valence-electron chi connectivity index (χ4n) is 4.21. The van der Waals surface area contributed by atoms with Crippen molar-refractivity contribution in [3.05, 3.63) is 47.7 Å². The van der Waals surface area contributed by atoms with E-state index < -0.39 is 0 Å². The van der Waals surface area contributed by atoms with Gasteiger partial charge in [0.1, 0.15) is 18.2 Å². The number of benzene rings is 1. The molecular weight excluding hydrogens is 350 g/mol. The molecule has 6 nitrogen and oxygen atoms in total. The zero-order valence-corrected chi connectivity index (χ0v) is 16.2. The number of nitrogens with zero attached hydrogens (tertiary/aromatic N) is 4. The molecule has 2 fully saturated rings. The van der Waals surface area contributed by atoms with Gasteiger partial charge in [0, 0.05) is 17.5 Å². The molecule has 3 aromatic rings. The monoisotopic (exact) mass is 375 g/mol. The van der Waals surface area contributed by atoms with Gasteiger partial charge in [-0.15, -0.1) is 0 Å². The standard InChI is InChI=1S/C22H25N5O/c1-14-7-8-16(22(28)26-17-9-10-17)11-18(14)27-13-25-20-19(23-12-24-21(20)27)15-5-3-2-4-6-15/h7-8,11-13,15,17H,2-6,9-10H2,1H3,(H,26,28). The van der Waals surface area contributed by atoms with Gasteiger partial charge in [0.05, 0.1) is 11.4 Å². The van der Waals surface area contributed by atoms with Crippen LogP contribution in [0.25, 0.3) is 16.9 Å². The van der Waals surface area contributed by atoms with Crippen LogP contribution in [0, 0.1) is 6.92 Å². The Kier molecular flexibility index (Phi) is 4.34. The molecule has 144 valence electrons. The minimum atomic E-state index is -0.00862. The molecule has 0 bridgehead atoms. The Bertz CT molecular complexity index is 1030. The molecule has 2 heterocycles.